The van der Waals surface area contributed by atoms with E-state index in [0.717, 1.165) is 30.6 Å². The van der Waals surface area contributed by atoms with Gasteiger partial charge in [0.1, 0.15) is 0 Å². The van der Waals surface area contributed by atoms with Gasteiger partial charge < -0.3 is 0 Å². The van der Waals surface area contributed by atoms with Crippen LogP contribution in [0.1, 0.15) is 186 Å². The Bertz CT molecular complexity index is 1120. The predicted octanol–water partition coefficient (Wildman–Crippen LogP) is 14.2. The zero-order valence-corrected chi connectivity index (χ0v) is 31.9. The van der Waals surface area contributed by atoms with Crippen LogP contribution >= 0.6 is 0 Å². The summed E-state index contributed by atoms with van der Waals surface area (Å²) >= 11 is 0. The molecule has 0 aliphatic rings. The number of rotatable bonds is 26. The Balaban J connectivity index is 0.0000106. The minimum Gasteiger partial charge on any atom is -0.252 e. The number of aryl methyl sites for hydroxylation is 4. The normalized spacial score (nSPS) is 12.0. The maximum Gasteiger partial charge on any atom is 0.0636 e. The molecule has 46 heavy (non-hydrogen) atoms. The van der Waals surface area contributed by atoms with Gasteiger partial charge in [0, 0.05) is 16.5 Å². The van der Waals surface area contributed by atoms with Crippen molar-refractivity contribution in [1.82, 2.24) is 0 Å². The van der Waals surface area contributed by atoms with Crippen molar-refractivity contribution in [3.63, 3.8) is 0 Å². The molecule has 262 valence electrons. The summed E-state index contributed by atoms with van der Waals surface area (Å²) in [7, 11) is 0. The summed E-state index contributed by atoms with van der Waals surface area (Å²) in [6.45, 7) is 13.8. The Labute approximate surface area is 296 Å². The van der Waals surface area contributed by atoms with Gasteiger partial charge in [0.15, 0.2) is 0 Å². The van der Waals surface area contributed by atoms with Crippen molar-refractivity contribution in [2.75, 3.05) is 0 Å². The molecule has 0 heterocycles. The molecular formula is C43H70N2Ni. The second-order valence-corrected chi connectivity index (χ2v) is 13.4. The number of hydrogen-bond donors (Lipinski definition) is 0. The summed E-state index contributed by atoms with van der Waals surface area (Å²) in [6, 6.07) is 14.2. The van der Waals surface area contributed by atoms with E-state index in [1.54, 1.807) is 11.1 Å². The van der Waals surface area contributed by atoms with E-state index in [1.807, 2.05) is 0 Å². The van der Waals surface area contributed by atoms with Crippen molar-refractivity contribution in [3.05, 3.63) is 58.7 Å². The van der Waals surface area contributed by atoms with Crippen LogP contribution in [0, 0.1) is 0 Å². The average molecular weight is 674 g/mol. The Morgan fingerprint density at radius 2 is 0.717 bits per heavy atom. The zero-order valence-electron chi connectivity index (χ0n) is 30.9. The van der Waals surface area contributed by atoms with E-state index >= 15 is 0 Å². The van der Waals surface area contributed by atoms with Crippen LogP contribution in [0.3, 0.4) is 0 Å². The van der Waals surface area contributed by atoms with Crippen LogP contribution in [0.5, 0.6) is 0 Å². The Morgan fingerprint density at radius 3 is 1.09 bits per heavy atom. The summed E-state index contributed by atoms with van der Waals surface area (Å²) in [5.74, 6) is 0. The van der Waals surface area contributed by atoms with Crippen LogP contribution in [0.25, 0.3) is 0 Å². The molecule has 3 heteroatoms. The van der Waals surface area contributed by atoms with Gasteiger partial charge in [-0.15, -0.1) is 0 Å². The second kappa shape index (κ2) is 27.2. The van der Waals surface area contributed by atoms with Gasteiger partial charge in [-0.3, -0.25) is 9.98 Å². The number of hydrogen-bond acceptors (Lipinski definition) is 2. The summed E-state index contributed by atoms with van der Waals surface area (Å²) in [6.07, 6.45) is 28.1. The molecule has 2 aromatic carbocycles. The van der Waals surface area contributed by atoms with Gasteiger partial charge in [0.25, 0.3) is 0 Å². The Kier molecular flexibility index (Phi) is 25.1. The van der Waals surface area contributed by atoms with E-state index in [2.05, 4.69) is 77.9 Å². The maximum absolute atomic E-state index is 5.44. The molecule has 0 saturated heterocycles. The van der Waals surface area contributed by atoms with Crippen LogP contribution in [0.4, 0.5) is 11.4 Å². The van der Waals surface area contributed by atoms with E-state index in [-0.39, 0.29) is 16.5 Å². The molecule has 0 fully saturated rings. The molecule has 2 aromatic rings. The van der Waals surface area contributed by atoms with Crippen LogP contribution in [0.2, 0.25) is 0 Å². The van der Waals surface area contributed by atoms with Crippen molar-refractivity contribution in [2.45, 2.75) is 189 Å². The fraction of sp³-hybridized carbons (Fsp3) is 0.674. The van der Waals surface area contributed by atoms with Gasteiger partial charge in [0.2, 0.25) is 0 Å². The van der Waals surface area contributed by atoms with Crippen molar-refractivity contribution in [2.24, 2.45) is 9.98 Å². The molecule has 0 unspecified atom stereocenters. The Morgan fingerprint density at radius 1 is 0.391 bits per heavy atom. The first-order valence-corrected chi connectivity index (χ1v) is 19.5. The van der Waals surface area contributed by atoms with E-state index in [9.17, 15) is 0 Å². The summed E-state index contributed by atoms with van der Waals surface area (Å²) in [4.78, 5) is 10.9. The first kappa shape index (κ1) is 42.3. The third-order valence-electron chi connectivity index (χ3n) is 9.22. The number of unbranched alkanes of at least 4 members (excludes halogenated alkanes) is 11. The molecule has 0 saturated carbocycles. The van der Waals surface area contributed by atoms with Gasteiger partial charge in [-0.25, -0.2) is 0 Å². The summed E-state index contributed by atoms with van der Waals surface area (Å²) < 4.78 is 0. The molecule has 0 N–H and O–H groups in total. The first-order valence-electron chi connectivity index (χ1n) is 19.5. The molecule has 0 aliphatic carbocycles. The minimum absolute atomic E-state index is 0. The standard InChI is InChI=1S/C43H70N2.Ni/c1-7-13-19-24-36-30-32-40(34-38(36)26-21-15-9-3)44-42(28-18-12-6)43(29-23-17-11-5)45-41-33-31-37(25-20-14-8-2)39(35-41)27-22-16-10-4;/h30-35H,7-29H2,1-6H3;/b44-42+,45-43+;. The second-order valence-electron chi connectivity index (χ2n) is 13.4. The monoisotopic (exact) mass is 672 g/mol. The Hall–Kier alpha value is -1.73. The molecule has 2 rings (SSSR count). The van der Waals surface area contributed by atoms with Crippen LogP contribution in [-0.2, 0) is 42.2 Å². The van der Waals surface area contributed by atoms with Gasteiger partial charge in [0.05, 0.1) is 22.8 Å². The fourth-order valence-corrected chi connectivity index (χ4v) is 6.31. The fourth-order valence-electron chi connectivity index (χ4n) is 6.31. The molecule has 0 atom stereocenters. The molecule has 0 radical (unpaired) electrons. The molecular weight excluding hydrogens is 603 g/mol. The molecule has 0 aliphatic heterocycles. The van der Waals surface area contributed by atoms with Gasteiger partial charge in [-0.05, 0) is 124 Å². The van der Waals surface area contributed by atoms with Gasteiger partial charge in [-0.2, -0.15) is 0 Å². The summed E-state index contributed by atoms with van der Waals surface area (Å²) in [5.41, 5.74) is 10.8. The van der Waals surface area contributed by atoms with Crippen LogP contribution < -0.4 is 0 Å². The third-order valence-corrected chi connectivity index (χ3v) is 9.22. The van der Waals surface area contributed by atoms with Gasteiger partial charge >= 0.3 is 0 Å². The summed E-state index contributed by atoms with van der Waals surface area (Å²) in [5, 5.41) is 0. The topological polar surface area (TPSA) is 24.7 Å². The minimum atomic E-state index is 0. The van der Waals surface area contributed by atoms with Gasteiger partial charge in [-0.1, -0.05) is 124 Å². The first-order chi connectivity index (χ1) is 22.1. The largest absolute Gasteiger partial charge is 0.252 e. The van der Waals surface area contributed by atoms with Crippen LogP contribution in [-0.4, -0.2) is 11.4 Å². The smallest absolute Gasteiger partial charge is 0.0636 e. The quantitative estimate of drug-likeness (QED) is 0.0539. The average Bonchev–Trinajstić information content (AvgIpc) is 3.05. The molecule has 0 spiro atoms. The van der Waals surface area contributed by atoms with E-state index < -0.39 is 0 Å². The number of aliphatic imine (C=N–C) groups is 2. The molecule has 0 amide bonds. The van der Waals surface area contributed by atoms with Crippen molar-refractivity contribution >= 4 is 22.8 Å². The zero-order chi connectivity index (χ0) is 32.5. The van der Waals surface area contributed by atoms with Crippen molar-refractivity contribution in [3.8, 4) is 0 Å². The molecule has 2 nitrogen and oxygen atoms in total. The predicted molar refractivity (Wildman–Crippen MR) is 204 cm³/mol. The number of benzene rings is 2. The van der Waals surface area contributed by atoms with E-state index in [1.165, 1.54) is 151 Å². The van der Waals surface area contributed by atoms with Crippen LogP contribution in [0.15, 0.2) is 46.4 Å². The number of nitrogens with zero attached hydrogens (tertiary/aromatic N) is 2. The van der Waals surface area contributed by atoms with E-state index in [0.29, 0.717) is 0 Å². The van der Waals surface area contributed by atoms with E-state index in [4.69, 9.17) is 9.98 Å². The van der Waals surface area contributed by atoms with Crippen molar-refractivity contribution < 1.29 is 16.5 Å². The SMILES string of the molecule is CCCCCC(=N\c1ccc(CCCCC)c(CCCCC)c1)/C(CCCC)=N/c1ccc(CCCCC)c(CCCCC)c1.[Ni]. The molecule has 0 aromatic heterocycles. The molecule has 0 bridgehead atoms. The van der Waals surface area contributed by atoms with Crippen molar-refractivity contribution in [1.29, 1.82) is 0 Å². The maximum atomic E-state index is 5.44. The third kappa shape index (κ3) is 16.9.